The fourth-order valence-corrected chi connectivity index (χ4v) is 3.08. The van der Waals surface area contributed by atoms with Gasteiger partial charge in [0, 0.05) is 26.3 Å². The van der Waals surface area contributed by atoms with E-state index in [0.29, 0.717) is 0 Å². The van der Waals surface area contributed by atoms with Crippen LogP contribution < -0.4 is 10.2 Å². The van der Waals surface area contributed by atoms with Crippen molar-refractivity contribution in [3.8, 4) is 0 Å². The first kappa shape index (κ1) is 14.4. The smallest absolute Gasteiger partial charge is 0.0361 e. The van der Waals surface area contributed by atoms with Gasteiger partial charge in [-0.1, -0.05) is 31.9 Å². The lowest BCUT2D eigenvalue weighted by Gasteiger charge is -2.26. The van der Waals surface area contributed by atoms with Crippen LogP contribution in [0.4, 0.5) is 5.69 Å². The molecule has 1 aromatic carbocycles. The molecule has 1 fully saturated rings. The third-order valence-electron chi connectivity index (χ3n) is 4.26. The number of benzene rings is 1. The maximum absolute atomic E-state index is 3.63. The van der Waals surface area contributed by atoms with E-state index < -0.39 is 0 Å². The summed E-state index contributed by atoms with van der Waals surface area (Å²) in [6.07, 6.45) is 5.68. The normalized spacial score (nSPS) is 23.3. The van der Waals surface area contributed by atoms with Crippen molar-refractivity contribution >= 4 is 5.69 Å². The predicted octanol–water partition coefficient (Wildman–Crippen LogP) is 3.67. The van der Waals surface area contributed by atoms with Crippen LogP contribution in [0.1, 0.15) is 38.2 Å². The average Bonchev–Trinajstić information content (AvgIpc) is 2.39. The minimum absolute atomic E-state index is 0.893. The van der Waals surface area contributed by atoms with Gasteiger partial charge in [-0.2, -0.15) is 0 Å². The van der Waals surface area contributed by atoms with Gasteiger partial charge in [0.05, 0.1) is 0 Å². The van der Waals surface area contributed by atoms with E-state index in [-0.39, 0.29) is 0 Å². The minimum atomic E-state index is 0.893. The Kier molecular flexibility index (Phi) is 5.26. The van der Waals surface area contributed by atoms with Crippen molar-refractivity contribution in [2.45, 2.75) is 39.2 Å². The van der Waals surface area contributed by atoms with Crippen molar-refractivity contribution in [3.63, 3.8) is 0 Å². The highest BCUT2D eigenvalue weighted by Crippen LogP contribution is 2.27. The lowest BCUT2D eigenvalue weighted by atomic mass is 9.82. The van der Waals surface area contributed by atoms with Crippen LogP contribution in [0.2, 0.25) is 0 Å². The van der Waals surface area contributed by atoms with Crippen LogP contribution in [0.15, 0.2) is 24.3 Å². The summed E-state index contributed by atoms with van der Waals surface area (Å²) >= 11 is 0. The lowest BCUT2D eigenvalue weighted by Crippen LogP contribution is -2.26. The second kappa shape index (κ2) is 6.95. The van der Waals surface area contributed by atoms with E-state index in [1.807, 2.05) is 0 Å². The lowest BCUT2D eigenvalue weighted by molar-refractivity contribution is 0.274. The van der Waals surface area contributed by atoms with Gasteiger partial charge in [0.25, 0.3) is 0 Å². The Morgan fingerprint density at radius 3 is 2.53 bits per heavy atom. The molecule has 0 aromatic heterocycles. The van der Waals surface area contributed by atoms with E-state index in [0.717, 1.165) is 18.4 Å². The van der Waals surface area contributed by atoms with E-state index in [2.05, 4.69) is 55.5 Å². The van der Waals surface area contributed by atoms with E-state index in [1.54, 1.807) is 0 Å². The highest BCUT2D eigenvalue weighted by atomic mass is 15.1. The summed E-state index contributed by atoms with van der Waals surface area (Å²) in [6, 6.07) is 8.84. The molecule has 1 aliphatic rings. The summed E-state index contributed by atoms with van der Waals surface area (Å²) in [5.74, 6) is 1.82. The zero-order valence-electron chi connectivity index (χ0n) is 12.7. The Labute approximate surface area is 118 Å². The highest BCUT2D eigenvalue weighted by Gasteiger charge is 2.18. The van der Waals surface area contributed by atoms with Crippen LogP contribution in [0.3, 0.4) is 0 Å². The van der Waals surface area contributed by atoms with Gasteiger partial charge in [0.15, 0.2) is 0 Å². The topological polar surface area (TPSA) is 15.3 Å². The molecule has 0 saturated heterocycles. The number of hydrogen-bond acceptors (Lipinski definition) is 2. The molecule has 2 nitrogen and oxygen atoms in total. The van der Waals surface area contributed by atoms with Gasteiger partial charge in [-0.15, -0.1) is 0 Å². The van der Waals surface area contributed by atoms with Crippen LogP contribution in [0, 0.1) is 11.8 Å². The quantitative estimate of drug-likeness (QED) is 0.869. The SMILES string of the molecule is CC1CCCC(CNCc2ccc(N(C)C)cc2)C1. The van der Waals surface area contributed by atoms with E-state index in [9.17, 15) is 0 Å². The van der Waals surface area contributed by atoms with Crippen molar-refractivity contribution in [1.29, 1.82) is 0 Å². The first-order valence-corrected chi connectivity index (χ1v) is 7.62. The van der Waals surface area contributed by atoms with Crippen LogP contribution in [0.25, 0.3) is 0 Å². The third kappa shape index (κ3) is 4.54. The summed E-state index contributed by atoms with van der Waals surface area (Å²) < 4.78 is 0. The van der Waals surface area contributed by atoms with Gasteiger partial charge in [-0.05, 0) is 48.9 Å². The molecule has 0 heterocycles. The van der Waals surface area contributed by atoms with Crippen LogP contribution >= 0.6 is 0 Å². The minimum Gasteiger partial charge on any atom is -0.378 e. The molecule has 2 rings (SSSR count). The molecule has 106 valence electrons. The standard InChI is InChI=1S/C17H28N2/c1-14-5-4-6-16(11-14)13-18-12-15-7-9-17(10-8-15)19(2)3/h7-10,14,16,18H,4-6,11-13H2,1-3H3. The summed E-state index contributed by atoms with van der Waals surface area (Å²) in [4.78, 5) is 2.14. The van der Waals surface area contributed by atoms with Gasteiger partial charge in [0.1, 0.15) is 0 Å². The molecule has 2 atom stereocenters. The summed E-state index contributed by atoms with van der Waals surface area (Å²) in [7, 11) is 4.16. The summed E-state index contributed by atoms with van der Waals surface area (Å²) in [5, 5.41) is 3.63. The molecule has 1 aliphatic carbocycles. The van der Waals surface area contributed by atoms with Crippen molar-refractivity contribution in [3.05, 3.63) is 29.8 Å². The molecule has 0 bridgehead atoms. The second-order valence-corrected chi connectivity index (χ2v) is 6.33. The van der Waals surface area contributed by atoms with Gasteiger partial charge in [-0.25, -0.2) is 0 Å². The van der Waals surface area contributed by atoms with Crippen molar-refractivity contribution in [1.82, 2.24) is 5.32 Å². The molecule has 0 radical (unpaired) electrons. The predicted molar refractivity (Wildman–Crippen MR) is 83.6 cm³/mol. The van der Waals surface area contributed by atoms with Crippen LogP contribution in [0.5, 0.6) is 0 Å². The second-order valence-electron chi connectivity index (χ2n) is 6.33. The van der Waals surface area contributed by atoms with Crippen molar-refractivity contribution < 1.29 is 0 Å². The molecule has 0 aliphatic heterocycles. The Morgan fingerprint density at radius 1 is 1.16 bits per heavy atom. The Bertz CT molecular complexity index is 369. The van der Waals surface area contributed by atoms with Crippen molar-refractivity contribution in [2.75, 3.05) is 25.5 Å². The monoisotopic (exact) mass is 260 g/mol. The van der Waals surface area contributed by atoms with Crippen LogP contribution in [-0.4, -0.2) is 20.6 Å². The molecule has 0 amide bonds. The first-order chi connectivity index (χ1) is 9.15. The van der Waals surface area contributed by atoms with Crippen LogP contribution in [-0.2, 0) is 6.54 Å². The van der Waals surface area contributed by atoms with Gasteiger partial charge >= 0.3 is 0 Å². The van der Waals surface area contributed by atoms with Gasteiger partial charge < -0.3 is 10.2 Å². The fraction of sp³-hybridized carbons (Fsp3) is 0.647. The van der Waals surface area contributed by atoms with E-state index >= 15 is 0 Å². The van der Waals surface area contributed by atoms with E-state index in [4.69, 9.17) is 0 Å². The molecular formula is C17H28N2. The third-order valence-corrected chi connectivity index (χ3v) is 4.26. The zero-order chi connectivity index (χ0) is 13.7. The van der Waals surface area contributed by atoms with Gasteiger partial charge in [-0.3, -0.25) is 0 Å². The number of anilines is 1. The zero-order valence-corrected chi connectivity index (χ0v) is 12.7. The van der Waals surface area contributed by atoms with Gasteiger partial charge in [0.2, 0.25) is 0 Å². The number of nitrogens with one attached hydrogen (secondary N) is 1. The number of rotatable bonds is 5. The Morgan fingerprint density at radius 2 is 1.89 bits per heavy atom. The summed E-state index contributed by atoms with van der Waals surface area (Å²) in [5.41, 5.74) is 2.65. The molecule has 1 saturated carbocycles. The largest absolute Gasteiger partial charge is 0.378 e. The Hall–Kier alpha value is -1.02. The Balaban J connectivity index is 1.73. The first-order valence-electron chi connectivity index (χ1n) is 7.62. The molecule has 19 heavy (non-hydrogen) atoms. The molecule has 1 N–H and O–H groups in total. The number of nitrogens with zero attached hydrogens (tertiary/aromatic N) is 1. The maximum Gasteiger partial charge on any atom is 0.0361 e. The molecular weight excluding hydrogens is 232 g/mol. The number of hydrogen-bond donors (Lipinski definition) is 1. The van der Waals surface area contributed by atoms with Crippen molar-refractivity contribution in [2.24, 2.45) is 11.8 Å². The molecule has 2 heteroatoms. The molecule has 0 spiro atoms. The fourth-order valence-electron chi connectivity index (χ4n) is 3.08. The molecule has 1 aromatic rings. The summed E-state index contributed by atoms with van der Waals surface area (Å²) in [6.45, 7) is 4.57. The average molecular weight is 260 g/mol. The van der Waals surface area contributed by atoms with E-state index in [1.165, 1.54) is 43.5 Å². The molecule has 2 unspecified atom stereocenters. The highest BCUT2D eigenvalue weighted by molar-refractivity contribution is 5.45. The maximum atomic E-state index is 3.63.